The quantitative estimate of drug-likeness (QED) is 0.406. The van der Waals surface area contributed by atoms with Gasteiger partial charge in [-0.2, -0.15) is 11.8 Å². The summed E-state index contributed by atoms with van der Waals surface area (Å²) < 4.78 is 0. The van der Waals surface area contributed by atoms with E-state index in [4.69, 9.17) is 0 Å². The SMILES string of the molecule is CCNC(=NCC1CCCS1)NCCc1csc(C)n1.I. The van der Waals surface area contributed by atoms with E-state index >= 15 is 0 Å². The fraction of sp³-hybridized carbons (Fsp3) is 0.714. The largest absolute Gasteiger partial charge is 0.357 e. The Morgan fingerprint density at radius 2 is 2.33 bits per heavy atom. The highest BCUT2D eigenvalue weighted by molar-refractivity contribution is 14.0. The van der Waals surface area contributed by atoms with Gasteiger partial charge in [0.25, 0.3) is 0 Å². The van der Waals surface area contributed by atoms with Gasteiger partial charge in [-0.25, -0.2) is 4.98 Å². The van der Waals surface area contributed by atoms with Gasteiger partial charge in [0.2, 0.25) is 0 Å². The van der Waals surface area contributed by atoms with Gasteiger partial charge in [-0.15, -0.1) is 35.3 Å². The molecule has 120 valence electrons. The van der Waals surface area contributed by atoms with Crippen LogP contribution in [0.1, 0.15) is 30.5 Å². The molecule has 21 heavy (non-hydrogen) atoms. The van der Waals surface area contributed by atoms with Gasteiger partial charge < -0.3 is 10.6 Å². The fourth-order valence-electron chi connectivity index (χ4n) is 2.16. The first-order valence-corrected chi connectivity index (χ1v) is 9.25. The van der Waals surface area contributed by atoms with E-state index < -0.39 is 0 Å². The number of hydrogen-bond acceptors (Lipinski definition) is 4. The molecule has 2 rings (SSSR count). The lowest BCUT2D eigenvalue weighted by atomic mass is 10.2. The van der Waals surface area contributed by atoms with Crippen molar-refractivity contribution in [3.8, 4) is 0 Å². The molecule has 1 aliphatic rings. The van der Waals surface area contributed by atoms with Crippen LogP contribution < -0.4 is 10.6 Å². The highest BCUT2D eigenvalue weighted by Crippen LogP contribution is 2.25. The number of halogens is 1. The summed E-state index contributed by atoms with van der Waals surface area (Å²) in [7, 11) is 0. The van der Waals surface area contributed by atoms with Crippen LogP contribution >= 0.6 is 47.1 Å². The third-order valence-corrected chi connectivity index (χ3v) is 5.36. The fourth-order valence-corrected chi connectivity index (χ4v) is 3.98. The van der Waals surface area contributed by atoms with Gasteiger partial charge in [0, 0.05) is 30.1 Å². The molecule has 0 amide bonds. The lowest BCUT2D eigenvalue weighted by Crippen LogP contribution is -2.38. The molecule has 1 aliphatic heterocycles. The lowest BCUT2D eigenvalue weighted by Gasteiger charge is -2.12. The van der Waals surface area contributed by atoms with E-state index in [0.717, 1.165) is 37.0 Å². The molecule has 0 spiro atoms. The number of nitrogens with one attached hydrogen (secondary N) is 2. The van der Waals surface area contributed by atoms with Gasteiger partial charge in [0.05, 0.1) is 17.2 Å². The summed E-state index contributed by atoms with van der Waals surface area (Å²) in [6.07, 6.45) is 3.61. The summed E-state index contributed by atoms with van der Waals surface area (Å²) in [4.78, 5) is 9.17. The number of rotatable bonds is 6. The third-order valence-electron chi connectivity index (χ3n) is 3.16. The van der Waals surface area contributed by atoms with Crippen molar-refractivity contribution in [3.63, 3.8) is 0 Å². The van der Waals surface area contributed by atoms with Crippen LogP contribution in [0.5, 0.6) is 0 Å². The van der Waals surface area contributed by atoms with Crippen molar-refractivity contribution >= 4 is 53.0 Å². The molecular formula is C14H25IN4S2. The first-order valence-electron chi connectivity index (χ1n) is 7.32. The minimum absolute atomic E-state index is 0. The van der Waals surface area contributed by atoms with Crippen LogP contribution in [0.15, 0.2) is 10.4 Å². The Hall–Kier alpha value is -0.0200. The van der Waals surface area contributed by atoms with Crippen molar-refractivity contribution in [2.75, 3.05) is 25.4 Å². The molecule has 0 aliphatic carbocycles. The molecule has 2 N–H and O–H groups in total. The predicted octanol–water partition coefficient (Wildman–Crippen LogP) is 3.06. The molecule has 1 aromatic heterocycles. The molecule has 4 nitrogen and oxygen atoms in total. The van der Waals surface area contributed by atoms with E-state index in [1.54, 1.807) is 11.3 Å². The minimum Gasteiger partial charge on any atom is -0.357 e. The summed E-state index contributed by atoms with van der Waals surface area (Å²) in [5.41, 5.74) is 1.17. The molecule has 1 unspecified atom stereocenters. The Balaban J connectivity index is 0.00000220. The Morgan fingerprint density at radius 1 is 1.48 bits per heavy atom. The molecule has 0 radical (unpaired) electrons. The van der Waals surface area contributed by atoms with E-state index in [2.05, 4.69) is 44.7 Å². The Labute approximate surface area is 153 Å². The highest BCUT2D eigenvalue weighted by atomic mass is 127. The second-order valence-corrected chi connectivity index (χ2v) is 7.36. The molecule has 1 atom stereocenters. The van der Waals surface area contributed by atoms with Gasteiger partial charge in [0.1, 0.15) is 0 Å². The maximum atomic E-state index is 4.69. The number of guanidine groups is 1. The Morgan fingerprint density at radius 3 is 2.95 bits per heavy atom. The van der Waals surface area contributed by atoms with Crippen molar-refractivity contribution in [3.05, 3.63) is 16.1 Å². The predicted molar refractivity (Wildman–Crippen MR) is 105 cm³/mol. The Bertz CT molecular complexity index is 430. The van der Waals surface area contributed by atoms with E-state index in [9.17, 15) is 0 Å². The van der Waals surface area contributed by atoms with Crippen LogP contribution in [0.4, 0.5) is 0 Å². The number of aromatic nitrogens is 1. The van der Waals surface area contributed by atoms with Gasteiger partial charge in [-0.1, -0.05) is 0 Å². The number of nitrogens with zero attached hydrogens (tertiary/aromatic N) is 2. The van der Waals surface area contributed by atoms with Crippen molar-refractivity contribution < 1.29 is 0 Å². The zero-order chi connectivity index (χ0) is 14.2. The Kier molecular flexibility index (Phi) is 9.66. The number of aliphatic imine (C=N–C) groups is 1. The molecule has 0 bridgehead atoms. The van der Waals surface area contributed by atoms with Crippen LogP contribution in [-0.4, -0.2) is 41.6 Å². The average molecular weight is 440 g/mol. The maximum Gasteiger partial charge on any atom is 0.191 e. The summed E-state index contributed by atoms with van der Waals surface area (Å²) in [5, 5.41) is 10.7. The number of hydrogen-bond donors (Lipinski definition) is 2. The second-order valence-electron chi connectivity index (χ2n) is 4.89. The van der Waals surface area contributed by atoms with Crippen LogP contribution in [0.25, 0.3) is 0 Å². The van der Waals surface area contributed by atoms with E-state index in [-0.39, 0.29) is 24.0 Å². The monoisotopic (exact) mass is 440 g/mol. The second kappa shape index (κ2) is 10.7. The highest BCUT2D eigenvalue weighted by Gasteiger charge is 2.14. The standard InChI is InChI=1S/C14H24N4S2.HI/c1-3-15-14(17-9-13-5-4-8-19-13)16-7-6-12-10-20-11(2)18-12;/h10,13H,3-9H2,1-2H3,(H2,15,16,17);1H. The van der Waals surface area contributed by atoms with Crippen molar-refractivity contribution in [2.45, 2.75) is 38.4 Å². The number of thioether (sulfide) groups is 1. The van der Waals surface area contributed by atoms with Crippen LogP contribution in [0.2, 0.25) is 0 Å². The molecule has 1 fully saturated rings. The smallest absolute Gasteiger partial charge is 0.191 e. The summed E-state index contributed by atoms with van der Waals surface area (Å²) in [6, 6.07) is 0. The molecule has 2 heterocycles. The lowest BCUT2D eigenvalue weighted by molar-refractivity contribution is 0.758. The number of thiazole rings is 1. The van der Waals surface area contributed by atoms with Gasteiger partial charge in [0.15, 0.2) is 5.96 Å². The molecule has 1 saturated heterocycles. The average Bonchev–Trinajstić information content (AvgIpc) is 3.08. The van der Waals surface area contributed by atoms with Gasteiger partial charge in [-0.3, -0.25) is 4.99 Å². The molecule has 0 saturated carbocycles. The maximum absolute atomic E-state index is 4.69. The topological polar surface area (TPSA) is 49.3 Å². The van der Waals surface area contributed by atoms with Crippen molar-refractivity contribution in [2.24, 2.45) is 4.99 Å². The summed E-state index contributed by atoms with van der Waals surface area (Å²) >= 11 is 3.77. The summed E-state index contributed by atoms with van der Waals surface area (Å²) in [5.74, 6) is 2.24. The normalized spacial score (nSPS) is 18.4. The van der Waals surface area contributed by atoms with E-state index in [1.165, 1.54) is 24.3 Å². The molecule has 1 aromatic rings. The van der Waals surface area contributed by atoms with Crippen molar-refractivity contribution in [1.29, 1.82) is 0 Å². The van der Waals surface area contributed by atoms with Crippen molar-refractivity contribution in [1.82, 2.24) is 15.6 Å². The van der Waals surface area contributed by atoms with E-state index in [1.807, 2.05) is 6.92 Å². The zero-order valence-electron chi connectivity index (χ0n) is 12.7. The first-order chi connectivity index (χ1) is 9.78. The van der Waals surface area contributed by atoms with Gasteiger partial charge >= 0.3 is 0 Å². The van der Waals surface area contributed by atoms with Crippen LogP contribution in [0, 0.1) is 6.92 Å². The summed E-state index contributed by atoms with van der Waals surface area (Å²) in [6.45, 7) is 6.86. The number of aryl methyl sites for hydroxylation is 1. The van der Waals surface area contributed by atoms with Gasteiger partial charge in [-0.05, 0) is 32.4 Å². The zero-order valence-corrected chi connectivity index (χ0v) is 16.7. The van der Waals surface area contributed by atoms with E-state index in [0.29, 0.717) is 5.25 Å². The molecule has 0 aromatic carbocycles. The molecule has 7 heteroatoms. The molecular weight excluding hydrogens is 415 g/mol. The first kappa shape index (κ1) is 19.0. The van der Waals surface area contributed by atoms with Crippen LogP contribution in [-0.2, 0) is 6.42 Å². The third kappa shape index (κ3) is 7.19. The minimum atomic E-state index is 0. The van der Waals surface area contributed by atoms with Crippen LogP contribution in [0.3, 0.4) is 0 Å².